The van der Waals surface area contributed by atoms with Gasteiger partial charge in [-0.15, -0.1) is 0 Å². The zero-order chi connectivity index (χ0) is 13.2. The summed E-state index contributed by atoms with van der Waals surface area (Å²) in [5.74, 6) is -1.08. The van der Waals surface area contributed by atoms with Crippen LogP contribution in [-0.2, 0) is 16.0 Å². The second-order valence-electron chi connectivity index (χ2n) is 3.83. The summed E-state index contributed by atoms with van der Waals surface area (Å²) in [4.78, 5) is 17.0. The summed E-state index contributed by atoms with van der Waals surface area (Å²) < 4.78 is 16.8. The van der Waals surface area contributed by atoms with Gasteiger partial charge >= 0.3 is 5.97 Å². The lowest BCUT2D eigenvalue weighted by molar-refractivity contribution is -0.139. The standard InChI is InChI=1S/C7H10FN3O2.C4H8O/c8-3-10-6(7(12)13)1-5-2-9-4-11-5;1-2-4-5-3-1/h2,4,6,10H,1,3H2,(H,9,11)(H,12,13);1-4H2. The molecule has 1 fully saturated rings. The number of nitrogens with zero attached hydrogens (tertiary/aromatic N) is 1. The maximum Gasteiger partial charge on any atom is 0.321 e. The monoisotopic (exact) mass is 259 g/mol. The molecule has 0 saturated carbocycles. The Bertz CT molecular complexity index is 321. The number of aromatic amines is 1. The molecule has 102 valence electrons. The van der Waals surface area contributed by atoms with Gasteiger partial charge in [0.1, 0.15) is 12.8 Å². The highest BCUT2D eigenvalue weighted by atomic mass is 19.1. The Balaban J connectivity index is 0.000000269. The lowest BCUT2D eigenvalue weighted by atomic mass is 10.2. The van der Waals surface area contributed by atoms with Gasteiger partial charge in [0, 0.05) is 31.5 Å². The molecule has 18 heavy (non-hydrogen) atoms. The van der Waals surface area contributed by atoms with Crippen LogP contribution in [0.15, 0.2) is 12.5 Å². The van der Waals surface area contributed by atoms with E-state index in [2.05, 4.69) is 15.3 Å². The summed E-state index contributed by atoms with van der Waals surface area (Å²) >= 11 is 0. The van der Waals surface area contributed by atoms with Crippen LogP contribution in [0, 0.1) is 0 Å². The average molecular weight is 259 g/mol. The van der Waals surface area contributed by atoms with Crippen molar-refractivity contribution in [1.29, 1.82) is 0 Å². The molecule has 0 spiro atoms. The highest BCUT2D eigenvalue weighted by Crippen LogP contribution is 1.99. The van der Waals surface area contributed by atoms with E-state index in [0.717, 1.165) is 13.2 Å². The fourth-order valence-electron chi connectivity index (χ4n) is 1.47. The molecular weight excluding hydrogens is 241 g/mol. The topological polar surface area (TPSA) is 87.2 Å². The Morgan fingerprint density at radius 3 is 2.72 bits per heavy atom. The molecule has 1 aliphatic rings. The van der Waals surface area contributed by atoms with Crippen molar-refractivity contribution in [3.8, 4) is 0 Å². The van der Waals surface area contributed by atoms with Gasteiger partial charge in [-0.3, -0.25) is 10.1 Å². The summed E-state index contributed by atoms with van der Waals surface area (Å²) in [6.45, 7) is 1.14. The first-order chi connectivity index (χ1) is 8.74. The van der Waals surface area contributed by atoms with E-state index in [9.17, 15) is 9.18 Å². The average Bonchev–Trinajstić information content (AvgIpc) is 3.04. The number of H-pyrrole nitrogens is 1. The van der Waals surface area contributed by atoms with E-state index in [0.29, 0.717) is 5.69 Å². The summed E-state index contributed by atoms with van der Waals surface area (Å²) in [6.07, 6.45) is 5.71. The van der Waals surface area contributed by atoms with Crippen LogP contribution in [0.2, 0.25) is 0 Å². The molecule has 0 aliphatic carbocycles. The summed E-state index contributed by atoms with van der Waals surface area (Å²) in [7, 11) is 0. The molecule has 3 N–H and O–H groups in total. The highest BCUT2D eigenvalue weighted by molar-refractivity contribution is 5.73. The van der Waals surface area contributed by atoms with Crippen molar-refractivity contribution in [3.05, 3.63) is 18.2 Å². The number of rotatable bonds is 5. The molecule has 1 aliphatic heterocycles. The first-order valence-electron chi connectivity index (χ1n) is 5.81. The van der Waals surface area contributed by atoms with Gasteiger partial charge in [0.15, 0.2) is 0 Å². The molecule has 0 aromatic carbocycles. The number of aliphatic carboxylic acids is 1. The molecule has 1 saturated heterocycles. The van der Waals surface area contributed by atoms with Crippen molar-refractivity contribution in [2.45, 2.75) is 25.3 Å². The number of imidazole rings is 1. The number of carboxylic acids is 1. The number of alkyl halides is 1. The van der Waals surface area contributed by atoms with Gasteiger partial charge < -0.3 is 14.8 Å². The van der Waals surface area contributed by atoms with Crippen LogP contribution in [-0.4, -0.2) is 47.1 Å². The highest BCUT2D eigenvalue weighted by Gasteiger charge is 2.17. The number of ether oxygens (including phenoxy) is 1. The van der Waals surface area contributed by atoms with Gasteiger partial charge in [0.05, 0.1) is 6.33 Å². The first kappa shape index (κ1) is 14.6. The number of hydrogen-bond acceptors (Lipinski definition) is 4. The maximum absolute atomic E-state index is 11.8. The number of carboxylic acid groups (broad SMARTS) is 1. The van der Waals surface area contributed by atoms with Crippen molar-refractivity contribution < 1.29 is 19.0 Å². The Labute approximate surface area is 105 Å². The van der Waals surface area contributed by atoms with Gasteiger partial charge in [-0.1, -0.05) is 0 Å². The van der Waals surface area contributed by atoms with E-state index in [1.165, 1.54) is 25.4 Å². The molecule has 2 rings (SSSR count). The largest absolute Gasteiger partial charge is 0.480 e. The van der Waals surface area contributed by atoms with Crippen LogP contribution in [0.3, 0.4) is 0 Å². The minimum Gasteiger partial charge on any atom is -0.480 e. The zero-order valence-electron chi connectivity index (χ0n) is 10.1. The molecule has 0 bridgehead atoms. The van der Waals surface area contributed by atoms with E-state index in [1.54, 1.807) is 0 Å². The number of hydrogen-bond donors (Lipinski definition) is 3. The molecular formula is C11H18FN3O3. The minimum absolute atomic E-state index is 0.194. The van der Waals surface area contributed by atoms with Crippen LogP contribution in [0.25, 0.3) is 0 Å². The van der Waals surface area contributed by atoms with Crippen molar-refractivity contribution >= 4 is 5.97 Å². The van der Waals surface area contributed by atoms with Crippen LogP contribution in [0.5, 0.6) is 0 Å². The lowest BCUT2D eigenvalue weighted by Gasteiger charge is -2.09. The van der Waals surface area contributed by atoms with Gasteiger partial charge in [0.2, 0.25) is 0 Å². The Morgan fingerprint density at radius 2 is 2.33 bits per heavy atom. The molecule has 1 atom stereocenters. The van der Waals surface area contributed by atoms with Gasteiger partial charge in [-0.25, -0.2) is 9.37 Å². The molecule has 0 amide bonds. The van der Waals surface area contributed by atoms with E-state index >= 15 is 0 Å². The smallest absolute Gasteiger partial charge is 0.321 e. The molecule has 1 aromatic rings. The predicted octanol–water partition coefficient (Wildman–Crippen LogP) is 0.719. The van der Waals surface area contributed by atoms with Crippen molar-refractivity contribution in [2.75, 3.05) is 20.0 Å². The Morgan fingerprint density at radius 1 is 1.61 bits per heavy atom. The SMILES string of the molecule is C1CCOC1.O=C(O)C(Cc1cnc[nH]1)NCF. The third-order valence-electron chi connectivity index (χ3n) is 2.43. The van der Waals surface area contributed by atoms with Gasteiger partial charge in [0.25, 0.3) is 0 Å². The van der Waals surface area contributed by atoms with Gasteiger partial charge in [-0.05, 0) is 12.8 Å². The normalized spacial score (nSPS) is 15.8. The molecule has 1 unspecified atom stereocenters. The van der Waals surface area contributed by atoms with Gasteiger partial charge in [-0.2, -0.15) is 0 Å². The van der Waals surface area contributed by atoms with Crippen LogP contribution >= 0.6 is 0 Å². The third kappa shape index (κ3) is 5.74. The molecule has 6 nitrogen and oxygen atoms in total. The fourth-order valence-corrected chi connectivity index (χ4v) is 1.47. The predicted molar refractivity (Wildman–Crippen MR) is 62.9 cm³/mol. The third-order valence-corrected chi connectivity index (χ3v) is 2.43. The van der Waals surface area contributed by atoms with Crippen molar-refractivity contribution in [2.24, 2.45) is 0 Å². The number of nitrogens with one attached hydrogen (secondary N) is 2. The minimum atomic E-state index is -1.08. The van der Waals surface area contributed by atoms with Crippen LogP contribution in [0.4, 0.5) is 4.39 Å². The summed E-state index contributed by atoms with van der Waals surface area (Å²) in [6, 6.07) is -0.912. The van der Waals surface area contributed by atoms with E-state index in [4.69, 9.17) is 9.84 Å². The number of aromatic nitrogens is 2. The first-order valence-corrected chi connectivity index (χ1v) is 5.81. The number of halogens is 1. The van der Waals surface area contributed by atoms with E-state index in [1.807, 2.05) is 0 Å². The number of carbonyl (C=O) groups is 1. The zero-order valence-corrected chi connectivity index (χ0v) is 10.1. The lowest BCUT2D eigenvalue weighted by Crippen LogP contribution is -2.38. The quantitative estimate of drug-likeness (QED) is 0.678. The van der Waals surface area contributed by atoms with Crippen molar-refractivity contribution in [3.63, 3.8) is 0 Å². The molecule has 1 aromatic heterocycles. The molecule has 0 radical (unpaired) electrons. The summed E-state index contributed by atoms with van der Waals surface area (Å²) in [5.41, 5.74) is 0.661. The summed E-state index contributed by atoms with van der Waals surface area (Å²) in [5, 5.41) is 10.8. The molecule has 7 heteroatoms. The second kappa shape index (κ2) is 8.60. The second-order valence-corrected chi connectivity index (χ2v) is 3.83. The van der Waals surface area contributed by atoms with Crippen molar-refractivity contribution in [1.82, 2.24) is 15.3 Å². The Kier molecular flexibility index (Phi) is 6.97. The van der Waals surface area contributed by atoms with Crippen LogP contribution < -0.4 is 5.32 Å². The van der Waals surface area contributed by atoms with E-state index in [-0.39, 0.29) is 6.42 Å². The van der Waals surface area contributed by atoms with Crippen LogP contribution in [0.1, 0.15) is 18.5 Å². The van der Waals surface area contributed by atoms with E-state index < -0.39 is 18.8 Å². The Hall–Kier alpha value is -1.47. The maximum atomic E-state index is 11.8. The molecule has 2 heterocycles. The fraction of sp³-hybridized carbons (Fsp3) is 0.636.